The lowest BCUT2D eigenvalue weighted by molar-refractivity contribution is -0.872. The van der Waals surface area contributed by atoms with Crippen LogP contribution in [0.3, 0.4) is 0 Å². The summed E-state index contributed by atoms with van der Waals surface area (Å²) < 4.78 is 24.7. The minimum absolute atomic E-state index is 0.0602. The molecule has 0 unspecified atom stereocenters. The molecule has 3 rings (SSSR count). The highest BCUT2D eigenvalue weighted by atomic mass is 19.1. The zero-order chi connectivity index (χ0) is 19.7. The van der Waals surface area contributed by atoms with Crippen LogP contribution < -0.4 is 15.1 Å². The molecule has 5 nitrogen and oxygen atoms in total. The third kappa shape index (κ3) is 3.66. The maximum absolute atomic E-state index is 13.1. The van der Waals surface area contributed by atoms with Gasteiger partial charge in [-0.15, -0.1) is 0 Å². The lowest BCUT2D eigenvalue weighted by atomic mass is 10.0. The van der Waals surface area contributed by atoms with Gasteiger partial charge in [0, 0.05) is 0 Å². The molecule has 0 amide bonds. The molecule has 0 atom stereocenters. The minimum atomic E-state index is -0.386. The van der Waals surface area contributed by atoms with Crippen molar-refractivity contribution < 1.29 is 23.6 Å². The highest BCUT2D eigenvalue weighted by Gasteiger charge is 2.22. The number of phenols is 1. The predicted molar refractivity (Wildman–Crippen MR) is 101 cm³/mol. The third-order valence-corrected chi connectivity index (χ3v) is 4.40. The van der Waals surface area contributed by atoms with Crippen molar-refractivity contribution in [2.45, 2.75) is 26.8 Å². The van der Waals surface area contributed by atoms with E-state index >= 15 is 0 Å². The molecule has 1 heterocycles. The van der Waals surface area contributed by atoms with Crippen molar-refractivity contribution in [2.75, 3.05) is 14.1 Å². The van der Waals surface area contributed by atoms with E-state index < -0.39 is 0 Å². The van der Waals surface area contributed by atoms with Crippen LogP contribution in [0.15, 0.2) is 39.5 Å². The van der Waals surface area contributed by atoms with Gasteiger partial charge in [0.2, 0.25) is 11.2 Å². The molecule has 27 heavy (non-hydrogen) atoms. The quantitative estimate of drug-likeness (QED) is 0.723. The van der Waals surface area contributed by atoms with Gasteiger partial charge in [0.15, 0.2) is 5.58 Å². The number of quaternary nitrogens is 1. The molecular weight excluding hydrogens is 349 g/mol. The molecule has 0 spiro atoms. The Morgan fingerprint density at radius 1 is 1.22 bits per heavy atom. The zero-order valence-corrected chi connectivity index (χ0v) is 15.9. The highest BCUT2D eigenvalue weighted by molar-refractivity contribution is 5.84. The average molecular weight is 372 g/mol. The first-order chi connectivity index (χ1) is 12.8. The fourth-order valence-electron chi connectivity index (χ4n) is 3.06. The molecule has 0 aliphatic carbocycles. The van der Waals surface area contributed by atoms with Crippen LogP contribution >= 0.6 is 0 Å². The molecule has 0 aliphatic rings. The standard InChI is InChI=1S/C21H22FNO4/c1-5-13-10-16-19(25)20(27-15-8-6-14(22)7-9-15)12(2)26-21(16)17(18(13)24)11-23(3)4/h6-10,24H,5,11H2,1-4H3/p+1. The van der Waals surface area contributed by atoms with Gasteiger partial charge in [-0.3, -0.25) is 4.79 Å². The number of ether oxygens (including phenoxy) is 1. The van der Waals surface area contributed by atoms with Crippen molar-refractivity contribution in [3.05, 3.63) is 63.3 Å². The van der Waals surface area contributed by atoms with Gasteiger partial charge >= 0.3 is 0 Å². The molecule has 6 heteroatoms. The second kappa shape index (κ2) is 7.40. The normalized spacial score (nSPS) is 11.3. The van der Waals surface area contributed by atoms with Crippen LogP contribution in [-0.2, 0) is 13.0 Å². The van der Waals surface area contributed by atoms with Gasteiger partial charge in [-0.25, -0.2) is 4.39 Å². The molecule has 2 aromatic carbocycles. The number of phenolic OH excluding ortho intramolecular Hbond substituents is 1. The Morgan fingerprint density at radius 3 is 2.48 bits per heavy atom. The Labute approximate surface area is 156 Å². The molecule has 2 N–H and O–H groups in total. The largest absolute Gasteiger partial charge is 0.507 e. The molecular formula is C21H23FNO4+. The summed E-state index contributed by atoms with van der Waals surface area (Å²) in [5, 5.41) is 11.0. The van der Waals surface area contributed by atoms with Crippen molar-refractivity contribution >= 4 is 11.0 Å². The Hall–Kier alpha value is -2.86. The van der Waals surface area contributed by atoms with Crippen molar-refractivity contribution in [3.63, 3.8) is 0 Å². The van der Waals surface area contributed by atoms with Crippen LogP contribution in [0.2, 0.25) is 0 Å². The molecule has 0 bridgehead atoms. The van der Waals surface area contributed by atoms with E-state index in [1.807, 2.05) is 21.0 Å². The summed E-state index contributed by atoms with van der Waals surface area (Å²) in [6, 6.07) is 7.08. The number of aromatic hydroxyl groups is 1. The Kier molecular flexibility index (Phi) is 5.19. The van der Waals surface area contributed by atoms with Crippen LogP contribution in [0.5, 0.6) is 17.2 Å². The van der Waals surface area contributed by atoms with Gasteiger partial charge < -0.3 is 19.2 Å². The summed E-state index contributed by atoms with van der Waals surface area (Å²) in [7, 11) is 3.92. The van der Waals surface area contributed by atoms with Crippen LogP contribution in [-0.4, -0.2) is 19.2 Å². The maximum Gasteiger partial charge on any atom is 0.235 e. The van der Waals surface area contributed by atoms with Gasteiger partial charge in [0.25, 0.3) is 0 Å². The van der Waals surface area contributed by atoms with Crippen molar-refractivity contribution in [1.29, 1.82) is 0 Å². The molecule has 0 saturated heterocycles. The fourth-order valence-corrected chi connectivity index (χ4v) is 3.06. The van der Waals surface area contributed by atoms with Crippen molar-refractivity contribution in [2.24, 2.45) is 0 Å². The number of hydrogen-bond donors (Lipinski definition) is 2. The summed E-state index contributed by atoms with van der Waals surface area (Å²) in [5.74, 6) is 0.489. The number of aryl methyl sites for hydroxylation is 2. The zero-order valence-electron chi connectivity index (χ0n) is 15.9. The number of hydrogen-bond acceptors (Lipinski definition) is 4. The van der Waals surface area contributed by atoms with Crippen LogP contribution in [0.4, 0.5) is 4.39 Å². The van der Waals surface area contributed by atoms with Crippen molar-refractivity contribution in [1.82, 2.24) is 0 Å². The molecule has 0 saturated carbocycles. The predicted octanol–water partition coefficient (Wildman–Crippen LogP) is 2.95. The smallest absolute Gasteiger partial charge is 0.235 e. The fraction of sp³-hybridized carbons (Fsp3) is 0.286. The Balaban J connectivity index is 2.22. The van der Waals surface area contributed by atoms with E-state index in [4.69, 9.17) is 9.15 Å². The van der Waals surface area contributed by atoms with Crippen LogP contribution in [0, 0.1) is 12.7 Å². The van der Waals surface area contributed by atoms with E-state index in [9.17, 15) is 14.3 Å². The lowest BCUT2D eigenvalue weighted by Gasteiger charge is -2.15. The van der Waals surface area contributed by atoms with Gasteiger partial charge in [0.05, 0.1) is 25.0 Å². The lowest BCUT2D eigenvalue weighted by Crippen LogP contribution is -3.04. The first-order valence-corrected chi connectivity index (χ1v) is 8.85. The topological polar surface area (TPSA) is 64.1 Å². The highest BCUT2D eigenvalue weighted by Crippen LogP contribution is 2.33. The van der Waals surface area contributed by atoms with Crippen LogP contribution in [0.1, 0.15) is 23.8 Å². The number of fused-ring (bicyclic) bond motifs is 1. The van der Waals surface area contributed by atoms with E-state index in [1.165, 1.54) is 24.3 Å². The summed E-state index contributed by atoms with van der Waals surface area (Å²) in [6.07, 6.45) is 0.582. The van der Waals surface area contributed by atoms with E-state index in [-0.39, 0.29) is 22.7 Å². The molecule has 0 fully saturated rings. The first-order valence-electron chi connectivity index (χ1n) is 8.85. The summed E-state index contributed by atoms with van der Waals surface area (Å²) in [6.45, 7) is 4.06. The second-order valence-electron chi connectivity index (χ2n) is 6.85. The number of halogens is 1. The van der Waals surface area contributed by atoms with Crippen molar-refractivity contribution in [3.8, 4) is 17.2 Å². The summed E-state index contributed by atoms with van der Waals surface area (Å²) in [4.78, 5) is 14.2. The third-order valence-electron chi connectivity index (χ3n) is 4.40. The minimum Gasteiger partial charge on any atom is -0.507 e. The van der Waals surface area contributed by atoms with Gasteiger partial charge in [-0.1, -0.05) is 6.92 Å². The van der Waals surface area contributed by atoms with E-state index in [2.05, 4.69) is 0 Å². The number of nitrogens with one attached hydrogen (secondary N) is 1. The first kappa shape index (κ1) is 18.9. The number of benzene rings is 2. The van der Waals surface area contributed by atoms with Gasteiger partial charge in [-0.2, -0.15) is 0 Å². The Morgan fingerprint density at radius 2 is 1.89 bits per heavy atom. The molecule has 0 aliphatic heterocycles. The molecule has 3 aromatic rings. The van der Waals surface area contributed by atoms with Crippen LogP contribution in [0.25, 0.3) is 11.0 Å². The van der Waals surface area contributed by atoms with Gasteiger partial charge in [-0.05, 0) is 49.2 Å². The molecule has 142 valence electrons. The molecule has 1 aromatic heterocycles. The monoisotopic (exact) mass is 372 g/mol. The average Bonchev–Trinajstić information content (AvgIpc) is 2.62. The number of rotatable bonds is 5. The second-order valence-corrected chi connectivity index (χ2v) is 6.85. The van der Waals surface area contributed by atoms with E-state index in [0.717, 1.165) is 4.90 Å². The van der Waals surface area contributed by atoms with E-state index in [0.29, 0.717) is 46.6 Å². The molecule has 0 radical (unpaired) electrons. The SMILES string of the molecule is CCc1cc2c(=O)c(Oc3ccc(F)cc3)c(C)oc2c(C[NH+](C)C)c1O. The summed E-state index contributed by atoms with van der Waals surface area (Å²) in [5.41, 5.74) is 1.35. The van der Waals surface area contributed by atoms with Gasteiger partial charge in [0.1, 0.15) is 29.6 Å². The summed E-state index contributed by atoms with van der Waals surface area (Å²) >= 11 is 0. The van der Waals surface area contributed by atoms with E-state index in [1.54, 1.807) is 13.0 Å². The maximum atomic E-state index is 13.1. The Bertz CT molecular complexity index is 1040.